The molecule has 0 bridgehead atoms. The lowest BCUT2D eigenvalue weighted by molar-refractivity contribution is 0.598. The Morgan fingerprint density at radius 1 is 0.947 bits per heavy atom. The maximum absolute atomic E-state index is 12.3. The van der Waals surface area contributed by atoms with E-state index in [-0.39, 0.29) is 15.7 Å². The Bertz CT molecular complexity index is 957. The first kappa shape index (κ1) is 11.9. The number of fused-ring (bicyclic) bond motifs is 2. The molecule has 1 aromatic heterocycles. The van der Waals surface area contributed by atoms with Gasteiger partial charge < -0.3 is 4.42 Å². The Balaban J connectivity index is 2.50. The van der Waals surface area contributed by atoms with Crippen LogP contribution in [0.5, 0.6) is 0 Å². The molecule has 0 saturated carbocycles. The van der Waals surface area contributed by atoms with Crippen LogP contribution < -0.4 is 10.6 Å². The van der Waals surface area contributed by atoms with Gasteiger partial charge in [-0.05, 0) is 30.3 Å². The minimum absolute atomic E-state index is 0.109. The molecule has 2 N–H and O–H groups in total. The Kier molecular flexibility index (Phi) is 2.44. The Morgan fingerprint density at radius 3 is 2.37 bits per heavy atom. The topological polar surface area (TPSA) is 90.4 Å². The Hall–Kier alpha value is -2.18. The zero-order valence-electron chi connectivity index (χ0n) is 9.66. The summed E-state index contributed by atoms with van der Waals surface area (Å²) in [7, 11) is -3.84. The van der Waals surface area contributed by atoms with Crippen molar-refractivity contribution >= 4 is 32.0 Å². The smallest absolute Gasteiger partial charge is 0.238 e. The summed E-state index contributed by atoms with van der Waals surface area (Å²) in [5, 5.41) is 5.65. The molecule has 5 nitrogen and oxygen atoms in total. The summed E-state index contributed by atoms with van der Waals surface area (Å²) in [4.78, 5) is 12.2. The first-order valence-corrected chi connectivity index (χ1v) is 7.00. The third-order valence-corrected chi connectivity index (χ3v) is 3.79. The van der Waals surface area contributed by atoms with E-state index in [1.807, 2.05) is 0 Å². The van der Waals surface area contributed by atoms with E-state index in [0.29, 0.717) is 16.6 Å². The van der Waals surface area contributed by atoms with Crippen LogP contribution in [-0.4, -0.2) is 8.42 Å². The molecule has 3 aromatic rings. The summed E-state index contributed by atoms with van der Waals surface area (Å²) in [6.07, 6.45) is 0. The molecule has 0 spiro atoms. The summed E-state index contributed by atoms with van der Waals surface area (Å²) in [6, 6.07) is 10.8. The third kappa shape index (κ3) is 1.91. The van der Waals surface area contributed by atoms with Crippen molar-refractivity contribution in [3.63, 3.8) is 0 Å². The number of sulfonamides is 1. The largest absolute Gasteiger partial charge is 0.456 e. The lowest BCUT2D eigenvalue weighted by Crippen LogP contribution is -2.13. The highest BCUT2D eigenvalue weighted by atomic mass is 32.2. The molecular formula is C13H9NO4S. The molecule has 19 heavy (non-hydrogen) atoms. The summed E-state index contributed by atoms with van der Waals surface area (Å²) in [6.45, 7) is 0. The molecule has 0 aliphatic rings. The Labute approximate surface area is 108 Å². The van der Waals surface area contributed by atoms with Crippen molar-refractivity contribution in [3.8, 4) is 0 Å². The van der Waals surface area contributed by atoms with Crippen LogP contribution in [0.1, 0.15) is 0 Å². The fraction of sp³-hybridized carbons (Fsp3) is 0. The van der Waals surface area contributed by atoms with Gasteiger partial charge in [0.15, 0.2) is 0 Å². The molecule has 0 aliphatic carbocycles. The summed E-state index contributed by atoms with van der Waals surface area (Å²) >= 11 is 0. The SMILES string of the molecule is NS(=O)(=O)c1ccc2oc3ccccc3c(=O)c2c1. The van der Waals surface area contributed by atoms with Gasteiger partial charge in [0.2, 0.25) is 15.5 Å². The quantitative estimate of drug-likeness (QED) is 0.683. The van der Waals surface area contributed by atoms with Crippen molar-refractivity contribution in [2.75, 3.05) is 0 Å². The van der Waals surface area contributed by atoms with Crippen LogP contribution in [0, 0.1) is 0 Å². The van der Waals surface area contributed by atoms with Gasteiger partial charge in [0.1, 0.15) is 11.2 Å². The molecule has 0 fully saturated rings. The summed E-state index contributed by atoms with van der Waals surface area (Å²) in [5.41, 5.74) is 0.516. The first-order chi connectivity index (χ1) is 8.97. The monoisotopic (exact) mass is 275 g/mol. The number of primary sulfonamides is 1. The average Bonchev–Trinajstić information content (AvgIpc) is 2.37. The average molecular weight is 275 g/mol. The zero-order valence-corrected chi connectivity index (χ0v) is 10.5. The van der Waals surface area contributed by atoms with E-state index in [0.717, 1.165) is 0 Å². The highest BCUT2D eigenvalue weighted by molar-refractivity contribution is 7.89. The number of para-hydroxylation sites is 1. The van der Waals surface area contributed by atoms with Gasteiger partial charge in [0.05, 0.1) is 15.7 Å². The minimum Gasteiger partial charge on any atom is -0.456 e. The van der Waals surface area contributed by atoms with Gasteiger partial charge in [-0.2, -0.15) is 0 Å². The lowest BCUT2D eigenvalue weighted by atomic mass is 10.1. The number of rotatable bonds is 1. The predicted molar refractivity (Wildman–Crippen MR) is 71.4 cm³/mol. The highest BCUT2D eigenvalue weighted by Gasteiger charge is 2.12. The fourth-order valence-electron chi connectivity index (χ4n) is 1.96. The maximum atomic E-state index is 12.3. The molecule has 96 valence electrons. The van der Waals surface area contributed by atoms with Gasteiger partial charge in [-0.15, -0.1) is 0 Å². The van der Waals surface area contributed by atoms with Gasteiger partial charge in [-0.25, -0.2) is 13.6 Å². The van der Waals surface area contributed by atoms with Crippen LogP contribution in [0.3, 0.4) is 0 Å². The fourth-order valence-corrected chi connectivity index (χ4v) is 2.50. The van der Waals surface area contributed by atoms with E-state index in [2.05, 4.69) is 0 Å². The molecule has 0 atom stereocenters. The van der Waals surface area contributed by atoms with Crippen LogP contribution in [0.25, 0.3) is 21.9 Å². The first-order valence-electron chi connectivity index (χ1n) is 5.45. The lowest BCUT2D eigenvalue weighted by Gasteiger charge is -2.03. The van der Waals surface area contributed by atoms with Crippen LogP contribution >= 0.6 is 0 Å². The third-order valence-electron chi connectivity index (χ3n) is 2.88. The number of hydrogen-bond acceptors (Lipinski definition) is 4. The van der Waals surface area contributed by atoms with E-state index in [1.165, 1.54) is 18.2 Å². The van der Waals surface area contributed by atoms with Gasteiger partial charge in [0, 0.05) is 0 Å². The second kappa shape index (κ2) is 3.91. The molecule has 3 rings (SSSR count). The molecule has 0 aliphatic heterocycles. The van der Waals surface area contributed by atoms with Crippen LogP contribution in [0.4, 0.5) is 0 Å². The van der Waals surface area contributed by atoms with Gasteiger partial charge in [-0.3, -0.25) is 4.79 Å². The van der Waals surface area contributed by atoms with E-state index < -0.39 is 10.0 Å². The van der Waals surface area contributed by atoms with Gasteiger partial charge in [0.25, 0.3) is 0 Å². The standard InChI is InChI=1S/C13H9NO4S/c14-19(16,17)8-5-6-12-10(7-8)13(15)9-3-1-2-4-11(9)18-12/h1-7H,(H2,14,16,17). The number of hydrogen-bond donors (Lipinski definition) is 1. The van der Waals surface area contributed by atoms with E-state index in [9.17, 15) is 13.2 Å². The van der Waals surface area contributed by atoms with E-state index in [4.69, 9.17) is 9.56 Å². The number of nitrogens with two attached hydrogens (primary N) is 1. The molecule has 0 amide bonds. The van der Waals surface area contributed by atoms with Crippen LogP contribution in [0.2, 0.25) is 0 Å². The van der Waals surface area contributed by atoms with E-state index >= 15 is 0 Å². The summed E-state index contributed by atoms with van der Waals surface area (Å²) < 4.78 is 28.2. The maximum Gasteiger partial charge on any atom is 0.238 e. The highest BCUT2D eigenvalue weighted by Crippen LogP contribution is 2.20. The predicted octanol–water partition coefficient (Wildman–Crippen LogP) is 1.59. The molecular weight excluding hydrogens is 266 g/mol. The normalized spacial score (nSPS) is 12.1. The molecule has 0 saturated heterocycles. The molecule has 0 radical (unpaired) electrons. The second-order valence-electron chi connectivity index (χ2n) is 4.13. The van der Waals surface area contributed by atoms with Crippen LogP contribution in [-0.2, 0) is 10.0 Å². The van der Waals surface area contributed by atoms with Crippen molar-refractivity contribution < 1.29 is 12.8 Å². The molecule has 2 aromatic carbocycles. The number of benzene rings is 2. The molecule has 6 heteroatoms. The van der Waals surface area contributed by atoms with Gasteiger partial charge in [-0.1, -0.05) is 12.1 Å². The van der Waals surface area contributed by atoms with Crippen molar-refractivity contribution in [2.45, 2.75) is 4.90 Å². The van der Waals surface area contributed by atoms with Crippen molar-refractivity contribution in [3.05, 3.63) is 52.7 Å². The van der Waals surface area contributed by atoms with Crippen LogP contribution in [0.15, 0.2) is 56.6 Å². The molecule has 0 unspecified atom stereocenters. The summed E-state index contributed by atoms with van der Waals surface area (Å²) in [5.74, 6) is 0. The zero-order chi connectivity index (χ0) is 13.6. The minimum atomic E-state index is -3.84. The van der Waals surface area contributed by atoms with Crippen molar-refractivity contribution in [2.24, 2.45) is 5.14 Å². The molecule has 1 heterocycles. The van der Waals surface area contributed by atoms with E-state index in [1.54, 1.807) is 24.3 Å². The second-order valence-corrected chi connectivity index (χ2v) is 5.69. The van der Waals surface area contributed by atoms with Gasteiger partial charge >= 0.3 is 0 Å². The van der Waals surface area contributed by atoms with Crippen molar-refractivity contribution in [1.29, 1.82) is 0 Å². The Morgan fingerprint density at radius 2 is 1.63 bits per heavy atom. The van der Waals surface area contributed by atoms with Crippen molar-refractivity contribution in [1.82, 2.24) is 0 Å².